The van der Waals surface area contributed by atoms with Crippen LogP contribution in [0, 0.1) is 0 Å². The smallest absolute Gasteiger partial charge is 0.356 e. The number of hydrogen-bond acceptors (Lipinski definition) is 8. The summed E-state index contributed by atoms with van der Waals surface area (Å²) >= 11 is 0. The van der Waals surface area contributed by atoms with Crippen molar-refractivity contribution >= 4 is 23.0 Å². The number of aromatic nitrogens is 1. The average molecular weight is 395 g/mol. The number of carboxylic acids is 1. The Labute approximate surface area is 166 Å². The van der Waals surface area contributed by atoms with Crippen molar-refractivity contribution in [1.29, 1.82) is 0 Å². The molecule has 29 heavy (non-hydrogen) atoms. The molecular weight excluding hydrogens is 374 g/mol. The summed E-state index contributed by atoms with van der Waals surface area (Å²) in [7, 11) is 0. The fourth-order valence-corrected chi connectivity index (χ4v) is 3.24. The van der Waals surface area contributed by atoms with Crippen LogP contribution < -0.4 is 33.0 Å². The summed E-state index contributed by atoms with van der Waals surface area (Å²) < 4.78 is 0. The van der Waals surface area contributed by atoms with Crippen LogP contribution in [0.15, 0.2) is 46.1 Å². The Balaban J connectivity index is 0.000000204. The van der Waals surface area contributed by atoms with E-state index in [1.807, 2.05) is 11.0 Å². The minimum absolute atomic E-state index is 0.0949. The fraction of sp³-hybridized carbons (Fsp3) is 0.200. The van der Waals surface area contributed by atoms with Crippen molar-refractivity contribution in [1.82, 2.24) is 4.98 Å². The lowest BCUT2D eigenvalue weighted by molar-refractivity contribution is 0.0692. The third kappa shape index (κ3) is 3.94. The van der Waals surface area contributed by atoms with Gasteiger partial charge in [-0.05, 0) is 35.2 Å². The molecule has 0 unspecified atom stereocenters. The van der Waals surface area contributed by atoms with Crippen LogP contribution >= 0.6 is 0 Å². The minimum Gasteiger partial charge on any atom is -0.476 e. The van der Waals surface area contributed by atoms with Crippen molar-refractivity contribution in [3.8, 4) is 0 Å². The van der Waals surface area contributed by atoms with E-state index >= 15 is 0 Å². The molecule has 0 fully saturated rings. The van der Waals surface area contributed by atoms with E-state index < -0.39 is 16.8 Å². The van der Waals surface area contributed by atoms with Gasteiger partial charge in [0.15, 0.2) is 5.69 Å². The predicted molar refractivity (Wildman–Crippen MR) is 110 cm³/mol. The Hall–Kier alpha value is -3.72. The highest BCUT2D eigenvalue weighted by Crippen LogP contribution is 2.26. The Morgan fingerprint density at radius 1 is 1.14 bits per heavy atom. The molecule has 0 amide bonds. The van der Waals surface area contributed by atoms with E-state index in [1.165, 1.54) is 17.8 Å². The first kappa shape index (κ1) is 20.0. The van der Waals surface area contributed by atoms with E-state index in [0.717, 1.165) is 17.5 Å². The topological polar surface area (TPSA) is 166 Å². The number of aromatic carboxylic acids is 1. The highest BCUT2D eigenvalue weighted by molar-refractivity contribution is 5.91. The third-order valence-corrected chi connectivity index (χ3v) is 4.80. The Morgan fingerprint density at radius 2 is 1.90 bits per heavy atom. The van der Waals surface area contributed by atoms with Gasteiger partial charge < -0.3 is 27.2 Å². The minimum atomic E-state index is -1.10. The number of benzene rings is 1. The summed E-state index contributed by atoms with van der Waals surface area (Å²) in [6.45, 7) is 1.82. The second kappa shape index (κ2) is 8.11. The lowest BCUT2D eigenvalue weighted by Gasteiger charge is -2.31. The summed E-state index contributed by atoms with van der Waals surface area (Å²) in [6, 6.07) is 9.25. The zero-order valence-corrected chi connectivity index (χ0v) is 15.6. The van der Waals surface area contributed by atoms with Crippen molar-refractivity contribution in [3.63, 3.8) is 0 Å². The van der Waals surface area contributed by atoms with Gasteiger partial charge in [-0.25, -0.2) is 9.78 Å². The molecule has 1 aliphatic rings. The van der Waals surface area contributed by atoms with Crippen LogP contribution in [0.1, 0.15) is 27.2 Å². The molecule has 2 heterocycles. The lowest BCUT2D eigenvalue weighted by atomic mass is 9.96. The molecule has 0 saturated heterocycles. The Bertz CT molecular complexity index is 1130. The van der Waals surface area contributed by atoms with Crippen LogP contribution in [0.2, 0.25) is 0 Å². The Morgan fingerprint density at radius 3 is 2.48 bits per heavy atom. The van der Waals surface area contributed by atoms with E-state index in [1.54, 1.807) is 6.07 Å². The van der Waals surface area contributed by atoms with Gasteiger partial charge in [0.05, 0.1) is 5.69 Å². The van der Waals surface area contributed by atoms with Crippen LogP contribution in [0.4, 0.5) is 17.1 Å². The highest BCUT2D eigenvalue weighted by Gasteiger charge is 2.26. The molecule has 9 nitrogen and oxygen atoms in total. The van der Waals surface area contributed by atoms with E-state index in [4.69, 9.17) is 22.3 Å². The van der Waals surface area contributed by atoms with Crippen molar-refractivity contribution in [3.05, 3.63) is 79.4 Å². The first-order chi connectivity index (χ1) is 13.8. The number of nitrogens with two attached hydrogens (primary N) is 3. The molecule has 0 atom stereocenters. The number of carboxylic acid groups (broad SMARTS) is 1. The largest absolute Gasteiger partial charge is 0.476 e. The van der Waals surface area contributed by atoms with Crippen LogP contribution in [0.25, 0.3) is 0 Å². The van der Waals surface area contributed by atoms with Gasteiger partial charge in [0.25, 0.3) is 10.9 Å². The van der Waals surface area contributed by atoms with Gasteiger partial charge in [0, 0.05) is 25.8 Å². The summed E-state index contributed by atoms with van der Waals surface area (Å²) in [5.74, 6) is -1.10. The third-order valence-electron chi connectivity index (χ3n) is 4.80. The fourth-order valence-electron chi connectivity index (χ4n) is 3.24. The SMILES string of the molecule is NCc1ccc2c(c1)CN(c1c(N)c(=O)c1=O)CC2.Nc1cccnc1C(=O)O. The number of nitrogen functional groups attached to an aromatic ring is 2. The van der Waals surface area contributed by atoms with Crippen LogP contribution in [0.5, 0.6) is 0 Å². The molecule has 9 heteroatoms. The summed E-state index contributed by atoms with van der Waals surface area (Å²) in [6.07, 6.45) is 2.23. The molecule has 7 N–H and O–H groups in total. The molecule has 2 aromatic carbocycles. The van der Waals surface area contributed by atoms with Gasteiger partial charge in [0.1, 0.15) is 11.4 Å². The second-order valence-corrected chi connectivity index (χ2v) is 6.65. The molecule has 1 aromatic heterocycles. The maximum atomic E-state index is 11.6. The highest BCUT2D eigenvalue weighted by atomic mass is 16.4. The zero-order valence-electron chi connectivity index (χ0n) is 15.6. The molecule has 0 aliphatic carbocycles. The predicted octanol–water partition coefficient (Wildman–Crippen LogP) is 0.248. The maximum Gasteiger partial charge on any atom is 0.356 e. The monoisotopic (exact) mass is 395 g/mol. The van der Waals surface area contributed by atoms with Crippen molar-refractivity contribution in [2.75, 3.05) is 22.9 Å². The average Bonchev–Trinajstić information content (AvgIpc) is 2.73. The van der Waals surface area contributed by atoms with Crippen LogP contribution in [-0.4, -0.2) is 22.6 Å². The molecular formula is C20H21N5O4. The van der Waals surface area contributed by atoms with E-state index in [9.17, 15) is 14.4 Å². The lowest BCUT2D eigenvalue weighted by Crippen LogP contribution is -2.44. The van der Waals surface area contributed by atoms with Crippen molar-refractivity contribution in [2.45, 2.75) is 19.5 Å². The quantitative estimate of drug-likeness (QED) is 0.455. The summed E-state index contributed by atoms with van der Waals surface area (Å²) in [5, 5.41) is 8.42. The summed E-state index contributed by atoms with van der Waals surface area (Å²) in [5.41, 5.74) is 19.6. The second-order valence-electron chi connectivity index (χ2n) is 6.65. The van der Waals surface area contributed by atoms with Gasteiger partial charge in [-0.15, -0.1) is 0 Å². The number of hydrogen-bond donors (Lipinski definition) is 4. The maximum absolute atomic E-state index is 11.6. The standard InChI is InChI=1S/C14H15N3O2.C6H6N2O2/c15-6-8-1-2-9-3-4-17(7-10(9)5-8)12-11(16)13(18)14(12)19;7-4-2-1-3-8-5(4)6(9)10/h1-2,5H,3-4,6-7,15-16H2;1-3H,7H2,(H,9,10). The number of rotatable bonds is 3. The first-order valence-electron chi connectivity index (χ1n) is 8.91. The zero-order chi connectivity index (χ0) is 21.1. The molecule has 3 aromatic rings. The van der Waals surface area contributed by atoms with Gasteiger partial charge >= 0.3 is 5.97 Å². The number of nitrogens with zero attached hydrogens (tertiary/aromatic N) is 2. The molecule has 1 aliphatic heterocycles. The number of pyridine rings is 1. The van der Waals surface area contributed by atoms with E-state index in [2.05, 4.69) is 17.1 Å². The first-order valence-corrected chi connectivity index (χ1v) is 8.91. The summed E-state index contributed by atoms with van der Waals surface area (Å²) in [4.78, 5) is 38.5. The van der Waals surface area contributed by atoms with Gasteiger partial charge in [-0.2, -0.15) is 0 Å². The molecule has 0 radical (unpaired) electrons. The van der Waals surface area contributed by atoms with Crippen molar-refractivity contribution in [2.24, 2.45) is 5.73 Å². The van der Waals surface area contributed by atoms with Crippen LogP contribution in [0.3, 0.4) is 0 Å². The normalized spacial score (nSPS) is 12.8. The van der Waals surface area contributed by atoms with E-state index in [0.29, 0.717) is 25.3 Å². The van der Waals surface area contributed by atoms with E-state index in [-0.39, 0.29) is 17.1 Å². The molecule has 0 saturated carbocycles. The number of carbonyl (C=O) groups is 1. The Kier molecular flexibility index (Phi) is 5.60. The van der Waals surface area contributed by atoms with Gasteiger partial charge in [-0.3, -0.25) is 9.59 Å². The molecule has 0 bridgehead atoms. The molecule has 0 spiro atoms. The van der Waals surface area contributed by atoms with Crippen LogP contribution in [-0.2, 0) is 19.5 Å². The van der Waals surface area contributed by atoms with Gasteiger partial charge in [0.2, 0.25) is 0 Å². The number of fused-ring (bicyclic) bond motifs is 1. The molecule has 150 valence electrons. The molecule has 4 rings (SSSR count). The van der Waals surface area contributed by atoms with Gasteiger partial charge in [-0.1, -0.05) is 18.2 Å². The number of anilines is 3. The van der Waals surface area contributed by atoms with Crippen molar-refractivity contribution < 1.29 is 9.90 Å².